The highest BCUT2D eigenvalue weighted by atomic mass is 19.1. The van der Waals surface area contributed by atoms with Crippen LogP contribution in [0, 0.1) is 17.7 Å². The molecule has 152 valence electrons. The van der Waals surface area contributed by atoms with E-state index in [9.17, 15) is 23.6 Å². The van der Waals surface area contributed by atoms with Crippen LogP contribution in [0.3, 0.4) is 0 Å². The fourth-order valence-electron chi connectivity index (χ4n) is 2.70. The summed E-state index contributed by atoms with van der Waals surface area (Å²) in [5.74, 6) is -2.88. The molecule has 0 bridgehead atoms. The molecule has 0 spiro atoms. The molecule has 0 unspecified atom stereocenters. The summed E-state index contributed by atoms with van der Waals surface area (Å²) in [4.78, 5) is 48.6. The maximum atomic E-state index is 13.9. The SMILES string of the molecule is CC(C)CCNC(=O)NC(=O)COC(=O)[C@@H]1CC(=O)N(c2ccccc2F)C1. The van der Waals surface area contributed by atoms with Gasteiger partial charge < -0.3 is 15.0 Å². The first-order valence-electron chi connectivity index (χ1n) is 9.07. The average Bonchev–Trinajstić information content (AvgIpc) is 3.01. The molecule has 0 aliphatic carbocycles. The van der Waals surface area contributed by atoms with Crippen LogP contribution in [0.15, 0.2) is 24.3 Å². The fourth-order valence-corrected chi connectivity index (χ4v) is 2.70. The summed E-state index contributed by atoms with van der Waals surface area (Å²) in [6.07, 6.45) is 0.634. The highest BCUT2D eigenvalue weighted by Crippen LogP contribution is 2.27. The lowest BCUT2D eigenvalue weighted by Crippen LogP contribution is -2.42. The van der Waals surface area contributed by atoms with E-state index in [0.717, 1.165) is 6.42 Å². The van der Waals surface area contributed by atoms with Gasteiger partial charge in [-0.2, -0.15) is 0 Å². The monoisotopic (exact) mass is 393 g/mol. The summed E-state index contributed by atoms with van der Waals surface area (Å²) in [5, 5.41) is 4.58. The van der Waals surface area contributed by atoms with Gasteiger partial charge in [0, 0.05) is 19.5 Å². The van der Waals surface area contributed by atoms with Crippen LogP contribution in [0.5, 0.6) is 0 Å². The summed E-state index contributed by atoms with van der Waals surface area (Å²) < 4.78 is 18.7. The summed E-state index contributed by atoms with van der Waals surface area (Å²) in [5.41, 5.74) is 0.0959. The van der Waals surface area contributed by atoms with Gasteiger partial charge in [0.2, 0.25) is 5.91 Å². The molecular weight excluding hydrogens is 369 g/mol. The number of rotatable bonds is 7. The Hall–Kier alpha value is -2.97. The average molecular weight is 393 g/mol. The Kier molecular flexibility index (Phi) is 7.48. The lowest BCUT2D eigenvalue weighted by molar-refractivity contribution is -0.152. The molecule has 0 saturated carbocycles. The van der Waals surface area contributed by atoms with E-state index < -0.39 is 42.2 Å². The van der Waals surface area contributed by atoms with Crippen LogP contribution in [0.1, 0.15) is 26.7 Å². The second-order valence-corrected chi connectivity index (χ2v) is 6.95. The van der Waals surface area contributed by atoms with Crippen molar-refractivity contribution in [3.8, 4) is 0 Å². The minimum Gasteiger partial charge on any atom is -0.455 e. The van der Waals surface area contributed by atoms with Gasteiger partial charge in [-0.1, -0.05) is 26.0 Å². The molecule has 1 fully saturated rings. The molecule has 0 radical (unpaired) electrons. The Labute approximate surface area is 162 Å². The minimum absolute atomic E-state index is 0.0318. The molecule has 8 nitrogen and oxygen atoms in total. The molecular formula is C19H24FN3O5. The number of esters is 1. The lowest BCUT2D eigenvalue weighted by atomic mass is 10.1. The second kappa shape index (κ2) is 9.82. The molecule has 4 amide bonds. The first-order valence-corrected chi connectivity index (χ1v) is 9.07. The maximum absolute atomic E-state index is 13.9. The molecule has 1 aromatic rings. The smallest absolute Gasteiger partial charge is 0.321 e. The number of nitrogens with zero attached hydrogens (tertiary/aromatic N) is 1. The maximum Gasteiger partial charge on any atom is 0.321 e. The van der Waals surface area contributed by atoms with Crippen LogP contribution in [0.2, 0.25) is 0 Å². The van der Waals surface area contributed by atoms with E-state index >= 15 is 0 Å². The van der Waals surface area contributed by atoms with Gasteiger partial charge in [0.05, 0.1) is 11.6 Å². The Bertz CT molecular complexity index is 753. The van der Waals surface area contributed by atoms with Crippen LogP contribution in [-0.2, 0) is 19.1 Å². The van der Waals surface area contributed by atoms with Crippen molar-refractivity contribution in [2.75, 3.05) is 24.6 Å². The molecule has 0 aromatic heterocycles. The highest BCUT2D eigenvalue weighted by molar-refractivity contribution is 6.00. The predicted molar refractivity (Wildman–Crippen MR) is 98.8 cm³/mol. The van der Waals surface area contributed by atoms with Crippen molar-refractivity contribution in [2.24, 2.45) is 11.8 Å². The largest absolute Gasteiger partial charge is 0.455 e. The van der Waals surface area contributed by atoms with Crippen LogP contribution in [-0.4, -0.2) is 43.5 Å². The van der Waals surface area contributed by atoms with Gasteiger partial charge in [-0.15, -0.1) is 0 Å². The van der Waals surface area contributed by atoms with E-state index in [1.165, 1.54) is 23.1 Å². The number of amides is 4. The molecule has 1 atom stereocenters. The first kappa shape index (κ1) is 21.3. The third-order valence-electron chi connectivity index (χ3n) is 4.21. The molecule has 1 aliphatic heterocycles. The Morgan fingerprint density at radius 3 is 2.68 bits per heavy atom. The van der Waals surface area contributed by atoms with Crippen LogP contribution < -0.4 is 15.5 Å². The Morgan fingerprint density at radius 2 is 2.00 bits per heavy atom. The molecule has 2 N–H and O–H groups in total. The summed E-state index contributed by atoms with van der Waals surface area (Å²) in [7, 11) is 0. The molecule has 1 aromatic carbocycles. The van der Waals surface area contributed by atoms with Crippen LogP contribution in [0.4, 0.5) is 14.9 Å². The van der Waals surface area contributed by atoms with Crippen molar-refractivity contribution in [1.29, 1.82) is 0 Å². The summed E-state index contributed by atoms with van der Waals surface area (Å²) in [6.45, 7) is 3.76. The van der Waals surface area contributed by atoms with Gasteiger partial charge in [-0.25, -0.2) is 9.18 Å². The number of anilines is 1. The molecule has 9 heteroatoms. The number of urea groups is 1. The Balaban J connectivity index is 1.77. The fraction of sp³-hybridized carbons (Fsp3) is 0.474. The topological polar surface area (TPSA) is 105 Å². The van der Waals surface area contributed by atoms with Crippen molar-refractivity contribution < 1.29 is 28.3 Å². The van der Waals surface area contributed by atoms with E-state index in [0.29, 0.717) is 12.5 Å². The van der Waals surface area contributed by atoms with Gasteiger partial charge in [0.1, 0.15) is 5.82 Å². The van der Waals surface area contributed by atoms with Crippen molar-refractivity contribution in [1.82, 2.24) is 10.6 Å². The van der Waals surface area contributed by atoms with E-state index in [-0.39, 0.29) is 18.7 Å². The number of carbonyl (C=O) groups is 4. The van der Waals surface area contributed by atoms with E-state index in [1.807, 2.05) is 13.8 Å². The minimum atomic E-state index is -0.806. The van der Waals surface area contributed by atoms with Gasteiger partial charge in [-0.05, 0) is 24.5 Å². The summed E-state index contributed by atoms with van der Waals surface area (Å²) in [6, 6.07) is 5.11. The van der Waals surface area contributed by atoms with Crippen molar-refractivity contribution in [3.63, 3.8) is 0 Å². The zero-order chi connectivity index (χ0) is 20.7. The highest BCUT2D eigenvalue weighted by Gasteiger charge is 2.37. The number of hydrogen-bond acceptors (Lipinski definition) is 5. The van der Waals surface area contributed by atoms with Crippen molar-refractivity contribution in [2.45, 2.75) is 26.7 Å². The summed E-state index contributed by atoms with van der Waals surface area (Å²) >= 11 is 0. The zero-order valence-electron chi connectivity index (χ0n) is 15.9. The van der Waals surface area contributed by atoms with Gasteiger partial charge in [0.25, 0.3) is 5.91 Å². The third kappa shape index (κ3) is 6.04. The van der Waals surface area contributed by atoms with E-state index in [2.05, 4.69) is 10.6 Å². The third-order valence-corrected chi connectivity index (χ3v) is 4.21. The molecule has 28 heavy (non-hydrogen) atoms. The number of hydrogen-bond donors (Lipinski definition) is 2. The normalized spacial score (nSPS) is 16.2. The van der Waals surface area contributed by atoms with Gasteiger partial charge >= 0.3 is 12.0 Å². The Morgan fingerprint density at radius 1 is 1.29 bits per heavy atom. The molecule has 1 saturated heterocycles. The number of halogens is 1. The lowest BCUT2D eigenvalue weighted by Gasteiger charge is -2.17. The van der Waals surface area contributed by atoms with Crippen molar-refractivity contribution >= 4 is 29.5 Å². The zero-order valence-corrected chi connectivity index (χ0v) is 15.9. The second-order valence-electron chi connectivity index (χ2n) is 6.95. The van der Waals surface area contributed by atoms with Crippen LogP contribution >= 0.6 is 0 Å². The molecule has 2 rings (SSSR count). The molecule has 1 heterocycles. The predicted octanol–water partition coefficient (Wildman–Crippen LogP) is 1.59. The number of imide groups is 1. The standard InChI is InChI=1S/C19H24FN3O5/c1-12(2)7-8-21-19(27)22-16(24)11-28-18(26)13-9-17(25)23(10-13)15-6-4-3-5-14(15)20/h3-6,12-13H,7-11H2,1-2H3,(H2,21,22,24,27)/t13-/m1/s1. The van der Waals surface area contributed by atoms with Crippen LogP contribution in [0.25, 0.3) is 0 Å². The number of nitrogens with one attached hydrogen (secondary N) is 2. The number of benzene rings is 1. The quantitative estimate of drug-likeness (QED) is 0.685. The van der Waals surface area contributed by atoms with Crippen molar-refractivity contribution in [3.05, 3.63) is 30.1 Å². The van der Waals surface area contributed by atoms with Gasteiger partial charge in [-0.3, -0.25) is 19.7 Å². The van der Waals surface area contributed by atoms with E-state index in [4.69, 9.17) is 4.74 Å². The van der Waals surface area contributed by atoms with E-state index in [1.54, 1.807) is 6.07 Å². The number of ether oxygens (including phenoxy) is 1. The number of para-hydroxylation sites is 1. The molecule has 1 aliphatic rings. The first-order chi connectivity index (χ1) is 13.3. The number of carbonyl (C=O) groups excluding carboxylic acids is 4. The van der Waals surface area contributed by atoms with Gasteiger partial charge in [0.15, 0.2) is 6.61 Å².